The second kappa shape index (κ2) is 8.38. The maximum atomic E-state index is 11.0. The Labute approximate surface area is 262 Å². The second-order valence-electron chi connectivity index (χ2n) is 12.2. The molecule has 0 aliphatic heterocycles. The molecule has 210 valence electrons. The van der Waals surface area contributed by atoms with E-state index in [1.54, 1.807) is 0 Å². The predicted octanol–water partition coefficient (Wildman–Crippen LogP) is 10.6. The molecule has 0 spiro atoms. The quantitative estimate of drug-likeness (QED) is 0.190. The molecule has 0 aliphatic rings. The van der Waals surface area contributed by atoms with E-state index in [1.165, 1.54) is 59.2 Å². The van der Waals surface area contributed by atoms with E-state index in [-0.39, 0.29) is 0 Å². The zero-order valence-electron chi connectivity index (χ0n) is 24.5. The minimum atomic E-state index is 0.625. The molecule has 0 unspecified atom stereocenters. The number of benzene rings is 8. The van der Waals surface area contributed by atoms with Crippen LogP contribution < -0.4 is 0 Å². The van der Waals surface area contributed by atoms with Crippen LogP contribution in [0.4, 0.5) is 0 Å². The van der Waals surface area contributed by atoms with E-state index in [2.05, 4.69) is 137 Å². The van der Waals surface area contributed by atoms with Crippen molar-refractivity contribution in [3.8, 4) is 17.4 Å². The highest BCUT2D eigenvalue weighted by Crippen LogP contribution is 2.46. The van der Waals surface area contributed by atoms with Crippen LogP contribution in [0, 0.1) is 11.3 Å². The van der Waals surface area contributed by atoms with Crippen molar-refractivity contribution < 1.29 is 0 Å². The minimum absolute atomic E-state index is 0.625. The summed E-state index contributed by atoms with van der Waals surface area (Å²) in [6.45, 7) is 0. The molecule has 3 aromatic heterocycles. The molecule has 4 nitrogen and oxygen atoms in total. The van der Waals surface area contributed by atoms with Gasteiger partial charge in [0.15, 0.2) is 0 Å². The van der Waals surface area contributed by atoms with Crippen LogP contribution in [0.25, 0.3) is 98.1 Å². The van der Waals surface area contributed by atoms with Crippen molar-refractivity contribution in [3.63, 3.8) is 0 Å². The van der Waals surface area contributed by atoms with Crippen LogP contribution in [0.15, 0.2) is 134 Å². The summed E-state index contributed by atoms with van der Waals surface area (Å²) in [5.41, 5.74) is 6.62. The number of aromatic nitrogens is 3. The van der Waals surface area contributed by atoms with Crippen molar-refractivity contribution in [2.75, 3.05) is 0 Å². The monoisotopic (exact) mass is 582 g/mol. The lowest BCUT2D eigenvalue weighted by atomic mass is 9.95. The van der Waals surface area contributed by atoms with Crippen LogP contribution in [-0.4, -0.2) is 14.1 Å². The Bertz CT molecular complexity index is 2720. The van der Waals surface area contributed by atoms with Crippen molar-refractivity contribution in [1.29, 1.82) is 5.26 Å². The van der Waals surface area contributed by atoms with Gasteiger partial charge in [-0.15, -0.1) is 0 Å². The highest BCUT2D eigenvalue weighted by atomic mass is 15.0. The van der Waals surface area contributed by atoms with E-state index in [9.17, 15) is 5.26 Å². The fourth-order valence-corrected chi connectivity index (χ4v) is 8.43. The molecule has 0 bridgehead atoms. The molecule has 0 aliphatic carbocycles. The highest BCUT2D eigenvalue weighted by Gasteiger charge is 2.24. The average molecular weight is 583 g/mol. The Morgan fingerprint density at radius 1 is 0.391 bits per heavy atom. The first-order valence-electron chi connectivity index (χ1n) is 15.5. The molecular formula is C42H22N4. The van der Waals surface area contributed by atoms with E-state index < -0.39 is 0 Å². The first-order chi connectivity index (χ1) is 22.8. The Morgan fingerprint density at radius 2 is 0.783 bits per heavy atom. The number of nitrogens with zero attached hydrogens (tertiary/aromatic N) is 4. The maximum absolute atomic E-state index is 11.0. The van der Waals surface area contributed by atoms with Crippen LogP contribution in [-0.2, 0) is 0 Å². The third-order valence-electron chi connectivity index (χ3n) is 10.1. The molecule has 4 heteroatoms. The molecule has 46 heavy (non-hydrogen) atoms. The summed E-state index contributed by atoms with van der Waals surface area (Å²) >= 11 is 0. The average Bonchev–Trinajstić information content (AvgIpc) is 3.64. The van der Waals surface area contributed by atoms with Crippen LogP contribution in [0.1, 0.15) is 5.56 Å². The smallest absolute Gasteiger partial charge is 0.104 e. The molecule has 0 N–H and O–H groups in total. The predicted molar refractivity (Wildman–Crippen MR) is 190 cm³/mol. The fraction of sp³-hybridized carbons (Fsp3) is 0. The standard InChI is InChI=1S/C42H22N4/c43-21-31-33(45-35-18-5-13-28-24-9-1-2-10-25(24)29-14-6-19-36(45)40(29)39(28)35)16-8-17-34(31)46-37-20-7-15-30-26-11-3-4-12-27(26)32-22-44-23-38(46)42(32)41(30)37/h1-20,22-23H. The summed E-state index contributed by atoms with van der Waals surface area (Å²) in [4.78, 5) is 4.74. The normalized spacial score (nSPS) is 12.3. The first kappa shape index (κ1) is 23.9. The van der Waals surface area contributed by atoms with Crippen LogP contribution in [0.5, 0.6) is 0 Å². The highest BCUT2D eigenvalue weighted by molar-refractivity contribution is 6.35. The topological polar surface area (TPSA) is 46.5 Å². The van der Waals surface area contributed by atoms with Gasteiger partial charge in [-0.25, -0.2) is 0 Å². The number of pyridine rings is 1. The van der Waals surface area contributed by atoms with Gasteiger partial charge in [-0.3, -0.25) is 4.98 Å². The Hall–Kier alpha value is -6.44. The van der Waals surface area contributed by atoms with Crippen molar-refractivity contribution in [1.82, 2.24) is 14.1 Å². The second-order valence-corrected chi connectivity index (χ2v) is 12.2. The molecule has 0 amide bonds. The van der Waals surface area contributed by atoms with Crippen molar-refractivity contribution in [3.05, 3.63) is 139 Å². The molecule has 0 saturated carbocycles. The van der Waals surface area contributed by atoms with Crippen LogP contribution >= 0.6 is 0 Å². The van der Waals surface area contributed by atoms with E-state index >= 15 is 0 Å². The van der Waals surface area contributed by atoms with Crippen LogP contribution in [0.2, 0.25) is 0 Å². The van der Waals surface area contributed by atoms with Gasteiger partial charge in [0, 0.05) is 33.1 Å². The lowest BCUT2D eigenvalue weighted by Crippen LogP contribution is -2.04. The zero-order chi connectivity index (χ0) is 30.1. The third kappa shape index (κ3) is 2.73. The van der Waals surface area contributed by atoms with E-state index in [1.807, 2.05) is 12.4 Å². The minimum Gasteiger partial charge on any atom is -0.308 e. The van der Waals surface area contributed by atoms with Gasteiger partial charge >= 0.3 is 0 Å². The summed E-state index contributed by atoms with van der Waals surface area (Å²) in [5, 5.41) is 25.6. The summed E-state index contributed by atoms with van der Waals surface area (Å²) < 4.78 is 4.54. The van der Waals surface area contributed by atoms with Gasteiger partial charge < -0.3 is 9.13 Å². The molecule has 11 aromatic rings. The van der Waals surface area contributed by atoms with Gasteiger partial charge in [0.25, 0.3) is 0 Å². The Balaban J connectivity index is 1.30. The molecule has 0 saturated heterocycles. The lowest BCUT2D eigenvalue weighted by Gasteiger charge is -2.15. The summed E-state index contributed by atoms with van der Waals surface area (Å²) in [7, 11) is 0. The van der Waals surface area contributed by atoms with Crippen molar-refractivity contribution >= 4 is 86.7 Å². The van der Waals surface area contributed by atoms with Crippen molar-refractivity contribution in [2.45, 2.75) is 0 Å². The van der Waals surface area contributed by atoms with E-state index in [0.717, 1.165) is 38.8 Å². The fourth-order valence-electron chi connectivity index (χ4n) is 8.43. The molecule has 3 heterocycles. The zero-order valence-corrected chi connectivity index (χ0v) is 24.5. The van der Waals surface area contributed by atoms with Gasteiger partial charge in [-0.05, 0) is 68.0 Å². The number of rotatable bonds is 2. The number of hydrogen-bond donors (Lipinski definition) is 0. The number of nitriles is 1. The SMILES string of the molecule is N#Cc1c(-n2c3cccc4c5ccccc5c5cccc2c5c43)cccc1-n1c2cccc3c4ccccc4c4cncc1c4c32. The Kier molecular flexibility index (Phi) is 4.36. The lowest BCUT2D eigenvalue weighted by molar-refractivity contribution is 1.11. The van der Waals surface area contributed by atoms with E-state index in [4.69, 9.17) is 4.98 Å². The Morgan fingerprint density at radius 3 is 1.26 bits per heavy atom. The largest absolute Gasteiger partial charge is 0.308 e. The molecular weight excluding hydrogens is 560 g/mol. The summed E-state index contributed by atoms with van der Waals surface area (Å²) in [6.07, 6.45) is 3.93. The summed E-state index contributed by atoms with van der Waals surface area (Å²) in [6, 6.07) is 45.7. The first-order valence-corrected chi connectivity index (χ1v) is 15.5. The van der Waals surface area contributed by atoms with Gasteiger partial charge in [0.1, 0.15) is 11.6 Å². The molecule has 11 rings (SSSR count). The van der Waals surface area contributed by atoms with Crippen LogP contribution in [0.3, 0.4) is 0 Å². The van der Waals surface area contributed by atoms with Crippen molar-refractivity contribution in [2.24, 2.45) is 0 Å². The maximum Gasteiger partial charge on any atom is 0.104 e. The molecule has 0 fully saturated rings. The molecule has 8 aromatic carbocycles. The molecule has 0 atom stereocenters. The molecule has 0 radical (unpaired) electrons. The van der Waals surface area contributed by atoms with Gasteiger partial charge in [-0.1, -0.05) is 91.0 Å². The van der Waals surface area contributed by atoms with Gasteiger partial charge in [0.2, 0.25) is 0 Å². The van der Waals surface area contributed by atoms with Gasteiger partial charge in [0.05, 0.1) is 39.6 Å². The number of fused-ring (bicyclic) bond motifs is 6. The summed E-state index contributed by atoms with van der Waals surface area (Å²) in [5.74, 6) is 0. The van der Waals surface area contributed by atoms with E-state index in [0.29, 0.717) is 5.56 Å². The third-order valence-corrected chi connectivity index (χ3v) is 10.1. The number of hydrogen-bond acceptors (Lipinski definition) is 2. The van der Waals surface area contributed by atoms with Gasteiger partial charge in [-0.2, -0.15) is 5.26 Å².